The third-order valence-electron chi connectivity index (χ3n) is 3.94. The van der Waals surface area contributed by atoms with Gasteiger partial charge in [-0.3, -0.25) is 0 Å². The number of hydrogen-bond donors (Lipinski definition) is 0. The van der Waals surface area contributed by atoms with Crippen LogP contribution in [0.3, 0.4) is 0 Å². The summed E-state index contributed by atoms with van der Waals surface area (Å²) in [5, 5.41) is 0. The van der Waals surface area contributed by atoms with E-state index in [2.05, 4.69) is 0 Å². The third kappa shape index (κ3) is 2.41. The van der Waals surface area contributed by atoms with E-state index in [9.17, 15) is 4.79 Å². The van der Waals surface area contributed by atoms with Crippen molar-refractivity contribution in [1.82, 2.24) is 0 Å². The Kier molecular flexibility index (Phi) is 3.59. The second-order valence-corrected chi connectivity index (χ2v) is 6.21. The number of benzene rings is 1. The van der Waals surface area contributed by atoms with E-state index in [1.54, 1.807) is 11.8 Å². The molecular weight excluding hydrogens is 244 g/mol. The van der Waals surface area contributed by atoms with Gasteiger partial charge in [-0.25, -0.2) is 4.79 Å². The molecular formula is C15H18O2S. The van der Waals surface area contributed by atoms with Gasteiger partial charge in [-0.1, -0.05) is 31.4 Å². The molecule has 2 aliphatic rings. The van der Waals surface area contributed by atoms with Crippen LogP contribution >= 0.6 is 11.8 Å². The van der Waals surface area contributed by atoms with Crippen molar-refractivity contribution in [3.8, 4) is 0 Å². The van der Waals surface area contributed by atoms with Crippen molar-refractivity contribution < 1.29 is 9.53 Å². The zero-order valence-electron chi connectivity index (χ0n) is 10.4. The second kappa shape index (κ2) is 5.35. The van der Waals surface area contributed by atoms with Crippen LogP contribution in [0.4, 0.5) is 0 Å². The first-order valence-corrected chi connectivity index (χ1v) is 7.76. The molecule has 2 nitrogen and oxygen atoms in total. The minimum absolute atomic E-state index is 0.107. The summed E-state index contributed by atoms with van der Waals surface area (Å²) >= 11 is 1.77. The number of carbonyl (C=O) groups is 1. The predicted octanol–water partition coefficient (Wildman–Crippen LogP) is 3.90. The van der Waals surface area contributed by atoms with Crippen LogP contribution in [0.2, 0.25) is 0 Å². The molecule has 1 fully saturated rings. The SMILES string of the molecule is O=C1OC(C2CCCCC2)CSc2ccccc21. The summed E-state index contributed by atoms with van der Waals surface area (Å²) in [5.74, 6) is 1.35. The number of carbonyl (C=O) groups excluding carboxylic acids is 1. The number of fused-ring (bicyclic) bond motifs is 1. The highest BCUT2D eigenvalue weighted by Gasteiger charge is 2.30. The molecule has 3 heteroatoms. The zero-order valence-corrected chi connectivity index (χ0v) is 11.2. The first-order chi connectivity index (χ1) is 8.84. The van der Waals surface area contributed by atoms with E-state index in [1.807, 2.05) is 24.3 Å². The van der Waals surface area contributed by atoms with Crippen molar-refractivity contribution >= 4 is 17.7 Å². The monoisotopic (exact) mass is 262 g/mol. The Morgan fingerprint density at radius 2 is 1.89 bits per heavy atom. The Hall–Kier alpha value is -0.960. The van der Waals surface area contributed by atoms with Crippen LogP contribution in [0, 0.1) is 5.92 Å². The molecule has 1 aromatic rings. The maximum Gasteiger partial charge on any atom is 0.339 e. The fourth-order valence-electron chi connectivity index (χ4n) is 2.91. The maximum absolute atomic E-state index is 12.1. The second-order valence-electron chi connectivity index (χ2n) is 5.15. The first-order valence-electron chi connectivity index (χ1n) is 6.77. The van der Waals surface area contributed by atoms with E-state index >= 15 is 0 Å². The Morgan fingerprint density at radius 1 is 1.11 bits per heavy atom. The van der Waals surface area contributed by atoms with Gasteiger partial charge in [0, 0.05) is 10.6 Å². The predicted molar refractivity (Wildman–Crippen MR) is 72.9 cm³/mol. The summed E-state index contributed by atoms with van der Waals surface area (Å²) in [4.78, 5) is 13.2. The van der Waals surface area contributed by atoms with Crippen LogP contribution in [-0.2, 0) is 4.74 Å². The van der Waals surface area contributed by atoms with Gasteiger partial charge in [0.1, 0.15) is 6.10 Å². The molecule has 96 valence electrons. The van der Waals surface area contributed by atoms with Gasteiger partial charge in [-0.2, -0.15) is 0 Å². The topological polar surface area (TPSA) is 26.3 Å². The molecule has 0 saturated heterocycles. The maximum atomic E-state index is 12.1. The number of rotatable bonds is 1. The molecule has 0 aromatic heterocycles. The number of hydrogen-bond acceptors (Lipinski definition) is 3. The summed E-state index contributed by atoms with van der Waals surface area (Å²) < 4.78 is 5.72. The minimum atomic E-state index is -0.133. The van der Waals surface area contributed by atoms with Gasteiger partial charge in [0.15, 0.2) is 0 Å². The van der Waals surface area contributed by atoms with Crippen molar-refractivity contribution in [3.05, 3.63) is 29.8 Å². The van der Waals surface area contributed by atoms with Crippen LogP contribution in [0.25, 0.3) is 0 Å². The number of esters is 1. The fraction of sp³-hybridized carbons (Fsp3) is 0.533. The van der Waals surface area contributed by atoms with E-state index < -0.39 is 0 Å². The average molecular weight is 262 g/mol. The van der Waals surface area contributed by atoms with Crippen LogP contribution in [-0.4, -0.2) is 17.8 Å². The molecule has 1 unspecified atom stereocenters. The van der Waals surface area contributed by atoms with Crippen LogP contribution in [0.5, 0.6) is 0 Å². The van der Waals surface area contributed by atoms with Gasteiger partial charge in [-0.05, 0) is 30.9 Å². The Labute approximate surface area is 112 Å². The van der Waals surface area contributed by atoms with Gasteiger partial charge in [0.25, 0.3) is 0 Å². The van der Waals surface area contributed by atoms with E-state index in [0.717, 1.165) is 16.2 Å². The van der Waals surface area contributed by atoms with Gasteiger partial charge in [0.05, 0.1) is 5.56 Å². The van der Waals surface area contributed by atoms with E-state index in [4.69, 9.17) is 4.74 Å². The molecule has 1 heterocycles. The first kappa shape index (κ1) is 12.1. The van der Waals surface area contributed by atoms with Crippen molar-refractivity contribution in [3.63, 3.8) is 0 Å². The lowest BCUT2D eigenvalue weighted by molar-refractivity contribution is 0.0160. The summed E-state index contributed by atoms with van der Waals surface area (Å²) in [6, 6.07) is 7.78. The fourth-order valence-corrected chi connectivity index (χ4v) is 4.07. The Bertz CT molecular complexity index is 438. The highest BCUT2D eigenvalue weighted by molar-refractivity contribution is 7.99. The molecule has 3 rings (SSSR count). The van der Waals surface area contributed by atoms with E-state index in [-0.39, 0.29) is 12.1 Å². The molecule has 1 atom stereocenters. The summed E-state index contributed by atoms with van der Waals surface area (Å²) in [5.41, 5.74) is 0.737. The quantitative estimate of drug-likeness (QED) is 0.718. The largest absolute Gasteiger partial charge is 0.458 e. The summed E-state index contributed by atoms with van der Waals surface area (Å²) in [7, 11) is 0. The van der Waals surface area contributed by atoms with E-state index in [0.29, 0.717) is 5.92 Å². The van der Waals surface area contributed by atoms with Gasteiger partial charge < -0.3 is 4.74 Å². The van der Waals surface area contributed by atoms with Crippen molar-refractivity contribution in [2.75, 3.05) is 5.75 Å². The van der Waals surface area contributed by atoms with Gasteiger partial charge in [0.2, 0.25) is 0 Å². The van der Waals surface area contributed by atoms with Gasteiger partial charge in [-0.15, -0.1) is 11.8 Å². The highest BCUT2D eigenvalue weighted by Crippen LogP contribution is 2.35. The Balaban J connectivity index is 1.77. The molecule has 18 heavy (non-hydrogen) atoms. The number of cyclic esters (lactones) is 1. The third-order valence-corrected chi connectivity index (χ3v) is 5.11. The number of thioether (sulfide) groups is 1. The molecule has 0 amide bonds. The molecule has 0 spiro atoms. The van der Waals surface area contributed by atoms with Crippen LogP contribution in [0.1, 0.15) is 42.5 Å². The lowest BCUT2D eigenvalue weighted by Crippen LogP contribution is -2.29. The standard InChI is InChI=1S/C15H18O2S/c16-15-12-8-4-5-9-14(12)18-10-13(17-15)11-6-2-1-3-7-11/h4-5,8-9,11,13H,1-3,6-7,10H2. The van der Waals surface area contributed by atoms with E-state index in [1.165, 1.54) is 32.1 Å². The smallest absolute Gasteiger partial charge is 0.339 e. The summed E-state index contributed by atoms with van der Waals surface area (Å²) in [6.07, 6.45) is 6.45. The van der Waals surface area contributed by atoms with Crippen LogP contribution < -0.4 is 0 Å². The lowest BCUT2D eigenvalue weighted by atomic mass is 9.86. The molecule has 0 radical (unpaired) electrons. The van der Waals surface area contributed by atoms with Crippen molar-refractivity contribution in [2.24, 2.45) is 5.92 Å². The van der Waals surface area contributed by atoms with Gasteiger partial charge >= 0.3 is 5.97 Å². The molecule has 1 aliphatic carbocycles. The van der Waals surface area contributed by atoms with Crippen LogP contribution in [0.15, 0.2) is 29.2 Å². The minimum Gasteiger partial charge on any atom is -0.458 e. The van der Waals surface area contributed by atoms with Crippen molar-refractivity contribution in [2.45, 2.75) is 43.1 Å². The zero-order chi connectivity index (χ0) is 12.4. The molecule has 0 N–H and O–H groups in total. The van der Waals surface area contributed by atoms with Crippen molar-refractivity contribution in [1.29, 1.82) is 0 Å². The average Bonchev–Trinajstić information content (AvgIpc) is 2.60. The Morgan fingerprint density at radius 3 is 2.72 bits per heavy atom. The lowest BCUT2D eigenvalue weighted by Gasteiger charge is -2.28. The molecule has 0 bridgehead atoms. The number of ether oxygens (including phenoxy) is 1. The molecule has 1 saturated carbocycles. The molecule has 1 aliphatic heterocycles. The highest BCUT2D eigenvalue weighted by atomic mass is 32.2. The molecule has 1 aromatic carbocycles. The normalized spacial score (nSPS) is 25.1. The summed E-state index contributed by atoms with van der Waals surface area (Å²) in [6.45, 7) is 0.